The van der Waals surface area contributed by atoms with E-state index < -0.39 is 0 Å². The zero-order chi connectivity index (χ0) is 16.3. The quantitative estimate of drug-likeness (QED) is 0.315. The topological polar surface area (TPSA) is 52.0 Å². The molecule has 0 bridgehead atoms. The Balaban J connectivity index is 3.08. The lowest BCUT2D eigenvalue weighted by Crippen LogP contribution is -2.18. The van der Waals surface area contributed by atoms with Crippen LogP contribution in [0, 0.1) is 5.92 Å². The van der Waals surface area contributed by atoms with E-state index >= 15 is 0 Å². The average Bonchev–Trinajstić information content (AvgIpc) is 2.54. The molecule has 4 N–H and O–H groups in total. The predicted octanol–water partition coefficient (Wildman–Crippen LogP) is 5.78. The largest absolute Gasteiger partial charge is 0.330 e. The van der Waals surface area contributed by atoms with Gasteiger partial charge in [-0.25, -0.2) is 0 Å². The van der Waals surface area contributed by atoms with Crippen molar-refractivity contribution in [3.63, 3.8) is 0 Å². The van der Waals surface area contributed by atoms with Crippen molar-refractivity contribution in [3.8, 4) is 0 Å². The van der Waals surface area contributed by atoms with Gasteiger partial charge in [-0.3, -0.25) is 0 Å². The fraction of sp³-hybridized carbons (Fsp3) is 1.00. The molecular weight excluding hydrogens is 268 g/mol. The summed E-state index contributed by atoms with van der Waals surface area (Å²) in [6, 6.07) is 0. The van der Waals surface area contributed by atoms with Crippen molar-refractivity contribution >= 4 is 0 Å². The molecule has 1 atom stereocenters. The van der Waals surface area contributed by atoms with Crippen LogP contribution in [0.2, 0.25) is 0 Å². The van der Waals surface area contributed by atoms with Gasteiger partial charge in [-0.15, -0.1) is 0 Å². The third-order valence-electron chi connectivity index (χ3n) is 4.87. The molecule has 22 heavy (non-hydrogen) atoms. The SMILES string of the molecule is CCCCCCCCCCCCCCCCC(CN)CCN. The second-order valence-corrected chi connectivity index (χ2v) is 7.06. The minimum absolute atomic E-state index is 0.669. The Hall–Kier alpha value is -0.0800. The monoisotopic (exact) mass is 312 g/mol. The van der Waals surface area contributed by atoms with Crippen molar-refractivity contribution < 1.29 is 0 Å². The minimum Gasteiger partial charge on any atom is -0.330 e. The highest BCUT2D eigenvalue weighted by molar-refractivity contribution is 4.61. The molecule has 0 radical (unpaired) electrons. The lowest BCUT2D eigenvalue weighted by molar-refractivity contribution is 0.435. The lowest BCUT2D eigenvalue weighted by atomic mass is 9.97. The first kappa shape index (κ1) is 21.9. The molecule has 0 amide bonds. The van der Waals surface area contributed by atoms with Crippen molar-refractivity contribution in [3.05, 3.63) is 0 Å². The molecule has 0 aromatic heterocycles. The number of hydrogen-bond donors (Lipinski definition) is 2. The van der Waals surface area contributed by atoms with Crippen LogP contribution < -0.4 is 11.5 Å². The van der Waals surface area contributed by atoms with Gasteiger partial charge in [-0.2, -0.15) is 0 Å². The van der Waals surface area contributed by atoms with E-state index in [2.05, 4.69) is 6.92 Å². The maximum atomic E-state index is 5.76. The molecule has 0 aromatic carbocycles. The van der Waals surface area contributed by atoms with E-state index in [-0.39, 0.29) is 0 Å². The molecule has 0 heterocycles. The summed E-state index contributed by atoms with van der Waals surface area (Å²) in [6.07, 6.45) is 22.4. The van der Waals surface area contributed by atoms with Crippen LogP contribution in [0.3, 0.4) is 0 Å². The molecule has 1 unspecified atom stereocenters. The summed E-state index contributed by atoms with van der Waals surface area (Å²) in [5.74, 6) is 0.669. The van der Waals surface area contributed by atoms with Gasteiger partial charge >= 0.3 is 0 Å². The van der Waals surface area contributed by atoms with Gasteiger partial charge in [0.25, 0.3) is 0 Å². The molecule has 0 rings (SSSR count). The van der Waals surface area contributed by atoms with E-state index in [4.69, 9.17) is 11.5 Å². The second kappa shape index (κ2) is 19.0. The molecule has 0 aliphatic carbocycles. The molecule has 2 nitrogen and oxygen atoms in total. The highest BCUT2D eigenvalue weighted by Crippen LogP contribution is 2.15. The fourth-order valence-electron chi connectivity index (χ4n) is 3.24. The molecule has 0 spiro atoms. The smallest absolute Gasteiger partial charge is 0.00484 e. The number of hydrogen-bond acceptors (Lipinski definition) is 2. The van der Waals surface area contributed by atoms with Gasteiger partial charge in [-0.05, 0) is 31.8 Å². The van der Waals surface area contributed by atoms with E-state index in [1.807, 2.05) is 0 Å². The Labute approximate surface area is 140 Å². The third-order valence-corrected chi connectivity index (χ3v) is 4.87. The standard InChI is InChI=1S/C20H44N2/c1-2-3-4-5-6-7-8-9-10-11-12-13-14-15-16-20(19-22)17-18-21/h20H,2-19,21-22H2,1H3. The predicted molar refractivity (Wildman–Crippen MR) is 101 cm³/mol. The summed E-state index contributed by atoms with van der Waals surface area (Å²) in [6.45, 7) is 3.90. The summed E-state index contributed by atoms with van der Waals surface area (Å²) in [4.78, 5) is 0. The minimum atomic E-state index is 0.669. The first-order valence-corrected chi connectivity index (χ1v) is 10.2. The van der Waals surface area contributed by atoms with Crippen LogP contribution in [-0.2, 0) is 0 Å². The number of unbranched alkanes of at least 4 members (excludes halogenated alkanes) is 13. The number of rotatable bonds is 18. The normalized spacial score (nSPS) is 12.7. The maximum absolute atomic E-state index is 5.76. The van der Waals surface area contributed by atoms with E-state index in [1.165, 1.54) is 96.3 Å². The van der Waals surface area contributed by atoms with E-state index in [0.717, 1.165) is 19.5 Å². The molecule has 134 valence electrons. The van der Waals surface area contributed by atoms with Crippen molar-refractivity contribution in [1.29, 1.82) is 0 Å². The summed E-state index contributed by atoms with van der Waals surface area (Å²) < 4.78 is 0. The van der Waals surface area contributed by atoms with E-state index in [9.17, 15) is 0 Å². The Bertz CT molecular complexity index is 194. The molecule has 0 aliphatic heterocycles. The molecule has 0 fully saturated rings. The summed E-state index contributed by atoms with van der Waals surface area (Å²) in [7, 11) is 0. The Morgan fingerprint density at radius 2 is 0.955 bits per heavy atom. The van der Waals surface area contributed by atoms with E-state index in [0.29, 0.717) is 5.92 Å². The van der Waals surface area contributed by atoms with Gasteiger partial charge in [0.2, 0.25) is 0 Å². The van der Waals surface area contributed by atoms with Crippen LogP contribution >= 0.6 is 0 Å². The zero-order valence-electron chi connectivity index (χ0n) is 15.5. The maximum Gasteiger partial charge on any atom is -0.00484 e. The van der Waals surface area contributed by atoms with Gasteiger partial charge in [0, 0.05) is 0 Å². The molecule has 2 heteroatoms. The Morgan fingerprint density at radius 1 is 0.545 bits per heavy atom. The molecule has 0 saturated carbocycles. The summed E-state index contributed by atoms with van der Waals surface area (Å²) >= 11 is 0. The van der Waals surface area contributed by atoms with Crippen molar-refractivity contribution in [2.75, 3.05) is 13.1 Å². The summed E-state index contributed by atoms with van der Waals surface area (Å²) in [5.41, 5.74) is 11.4. The highest BCUT2D eigenvalue weighted by Gasteiger charge is 2.04. The van der Waals surface area contributed by atoms with Crippen molar-refractivity contribution in [1.82, 2.24) is 0 Å². The molecular formula is C20H44N2. The van der Waals surface area contributed by atoms with Crippen LogP contribution in [0.15, 0.2) is 0 Å². The van der Waals surface area contributed by atoms with Crippen LogP contribution in [0.1, 0.15) is 110 Å². The highest BCUT2D eigenvalue weighted by atomic mass is 14.6. The molecule has 0 aliphatic rings. The first-order chi connectivity index (χ1) is 10.8. The molecule has 0 aromatic rings. The van der Waals surface area contributed by atoms with Crippen LogP contribution in [0.5, 0.6) is 0 Å². The van der Waals surface area contributed by atoms with E-state index in [1.54, 1.807) is 0 Å². The third kappa shape index (κ3) is 16.3. The van der Waals surface area contributed by atoms with Gasteiger partial charge < -0.3 is 11.5 Å². The lowest BCUT2D eigenvalue weighted by Gasteiger charge is -2.12. The van der Waals surface area contributed by atoms with Gasteiger partial charge in [-0.1, -0.05) is 96.8 Å². The van der Waals surface area contributed by atoms with Gasteiger partial charge in [0.15, 0.2) is 0 Å². The fourth-order valence-corrected chi connectivity index (χ4v) is 3.24. The second-order valence-electron chi connectivity index (χ2n) is 7.06. The van der Waals surface area contributed by atoms with Gasteiger partial charge in [0.1, 0.15) is 0 Å². The number of nitrogens with two attached hydrogens (primary N) is 2. The van der Waals surface area contributed by atoms with Crippen molar-refractivity contribution in [2.45, 2.75) is 110 Å². The average molecular weight is 313 g/mol. The Kier molecular flexibility index (Phi) is 18.9. The Morgan fingerprint density at radius 3 is 1.32 bits per heavy atom. The van der Waals surface area contributed by atoms with Gasteiger partial charge in [0.05, 0.1) is 0 Å². The molecule has 0 saturated heterocycles. The van der Waals surface area contributed by atoms with Crippen LogP contribution in [-0.4, -0.2) is 13.1 Å². The van der Waals surface area contributed by atoms with Crippen molar-refractivity contribution in [2.24, 2.45) is 17.4 Å². The zero-order valence-corrected chi connectivity index (χ0v) is 15.5. The first-order valence-electron chi connectivity index (χ1n) is 10.2. The van der Waals surface area contributed by atoms with Crippen LogP contribution in [0.25, 0.3) is 0 Å². The van der Waals surface area contributed by atoms with Crippen LogP contribution in [0.4, 0.5) is 0 Å². The summed E-state index contributed by atoms with van der Waals surface area (Å²) in [5, 5.41) is 0.